The minimum atomic E-state index is -0.313. The van der Waals surface area contributed by atoms with Crippen molar-refractivity contribution in [2.24, 2.45) is 0 Å². The molecular weight excluding hydrogens is 455 g/mol. The molecule has 174 valence electrons. The Kier molecular flexibility index (Phi) is 7.44. The maximum atomic E-state index is 13.0. The first-order valence-corrected chi connectivity index (χ1v) is 11.5. The number of halogens is 1. The molecule has 0 saturated heterocycles. The molecule has 0 aliphatic carbocycles. The van der Waals surface area contributed by atoms with E-state index in [4.69, 9.17) is 9.47 Å². The minimum absolute atomic E-state index is 0.121. The summed E-state index contributed by atoms with van der Waals surface area (Å²) < 4.78 is 26.0. The summed E-state index contributed by atoms with van der Waals surface area (Å²) in [7, 11) is 1.61. The monoisotopic (exact) mass is 478 g/mol. The number of rotatable bonds is 9. The van der Waals surface area contributed by atoms with Crippen LogP contribution in [0.25, 0.3) is 5.69 Å². The van der Waals surface area contributed by atoms with Gasteiger partial charge < -0.3 is 14.8 Å². The molecule has 3 aromatic carbocycles. The Balaban J connectivity index is 1.31. The molecule has 0 aliphatic heterocycles. The van der Waals surface area contributed by atoms with E-state index in [-0.39, 0.29) is 17.5 Å². The molecular formula is C25H23FN4O3S. The Morgan fingerprint density at radius 2 is 1.68 bits per heavy atom. The molecule has 0 aliphatic rings. The van der Waals surface area contributed by atoms with Crippen molar-refractivity contribution in [2.45, 2.75) is 18.6 Å². The molecule has 4 aromatic rings. The number of amides is 1. The molecule has 0 radical (unpaired) electrons. The van der Waals surface area contributed by atoms with Crippen LogP contribution in [0.4, 0.5) is 4.39 Å². The zero-order valence-electron chi connectivity index (χ0n) is 18.7. The van der Waals surface area contributed by atoms with Crippen molar-refractivity contribution in [2.75, 3.05) is 12.9 Å². The Bertz CT molecular complexity index is 1260. The number of aromatic nitrogens is 3. The molecule has 0 bridgehead atoms. The average molecular weight is 479 g/mol. The summed E-state index contributed by atoms with van der Waals surface area (Å²) in [4.78, 5) is 12.4. The largest absolute Gasteiger partial charge is 0.495 e. The maximum Gasteiger partial charge on any atom is 0.230 e. The summed E-state index contributed by atoms with van der Waals surface area (Å²) in [5.74, 6) is 2.34. The highest BCUT2D eigenvalue weighted by molar-refractivity contribution is 7.99. The SMILES string of the molecule is COc1ccccc1-n1c(C)nnc1SCC(=O)NCc1ccc(Oc2ccc(F)cc2)cc1. The van der Waals surface area contributed by atoms with Gasteiger partial charge in [0.2, 0.25) is 5.91 Å². The van der Waals surface area contributed by atoms with Gasteiger partial charge in [0.05, 0.1) is 18.6 Å². The highest BCUT2D eigenvalue weighted by Crippen LogP contribution is 2.28. The number of para-hydroxylation sites is 2. The predicted molar refractivity (Wildman–Crippen MR) is 128 cm³/mol. The molecule has 1 aromatic heterocycles. The summed E-state index contributed by atoms with van der Waals surface area (Å²) in [5, 5.41) is 11.9. The van der Waals surface area contributed by atoms with E-state index in [1.807, 2.05) is 47.9 Å². The Labute approximate surface area is 200 Å². The molecule has 1 N–H and O–H groups in total. The number of aryl methyl sites for hydroxylation is 1. The van der Waals surface area contributed by atoms with E-state index in [1.165, 1.54) is 23.9 Å². The van der Waals surface area contributed by atoms with Crippen LogP contribution >= 0.6 is 11.8 Å². The number of nitrogens with one attached hydrogen (secondary N) is 1. The van der Waals surface area contributed by atoms with Crippen LogP contribution in [0.1, 0.15) is 11.4 Å². The van der Waals surface area contributed by atoms with Gasteiger partial charge >= 0.3 is 0 Å². The van der Waals surface area contributed by atoms with E-state index in [0.717, 1.165) is 11.3 Å². The predicted octanol–water partition coefficient (Wildman–Crippen LogP) is 4.92. The van der Waals surface area contributed by atoms with Crippen molar-refractivity contribution < 1.29 is 18.7 Å². The molecule has 0 fully saturated rings. The molecule has 0 atom stereocenters. The zero-order chi connectivity index (χ0) is 23.9. The van der Waals surface area contributed by atoms with Crippen molar-refractivity contribution in [1.29, 1.82) is 0 Å². The molecule has 1 heterocycles. The standard InChI is InChI=1S/C25H23FN4O3S/c1-17-28-29-25(30(17)22-5-3-4-6-23(22)32-2)34-16-24(31)27-15-18-7-11-20(12-8-18)33-21-13-9-19(26)10-14-21/h3-14H,15-16H2,1-2H3,(H,27,31). The van der Waals surface area contributed by atoms with Crippen molar-refractivity contribution in [3.8, 4) is 22.9 Å². The smallest absolute Gasteiger partial charge is 0.230 e. The van der Waals surface area contributed by atoms with Gasteiger partial charge in [0.1, 0.15) is 28.9 Å². The van der Waals surface area contributed by atoms with E-state index < -0.39 is 0 Å². The highest BCUT2D eigenvalue weighted by Gasteiger charge is 2.16. The van der Waals surface area contributed by atoms with E-state index in [9.17, 15) is 9.18 Å². The Morgan fingerprint density at radius 1 is 1.00 bits per heavy atom. The fraction of sp³-hybridized carbons (Fsp3) is 0.160. The van der Waals surface area contributed by atoms with Crippen LogP contribution in [0.3, 0.4) is 0 Å². The van der Waals surface area contributed by atoms with Gasteiger partial charge in [-0.1, -0.05) is 36.0 Å². The van der Waals surface area contributed by atoms with E-state index >= 15 is 0 Å². The average Bonchev–Trinajstić information content (AvgIpc) is 3.23. The van der Waals surface area contributed by atoms with Gasteiger partial charge in [-0.3, -0.25) is 9.36 Å². The number of hydrogen-bond acceptors (Lipinski definition) is 6. The summed E-state index contributed by atoms with van der Waals surface area (Å²) in [6.07, 6.45) is 0. The van der Waals surface area contributed by atoms with E-state index in [2.05, 4.69) is 15.5 Å². The molecule has 7 nitrogen and oxygen atoms in total. The van der Waals surface area contributed by atoms with E-state index in [0.29, 0.717) is 34.8 Å². The van der Waals surface area contributed by atoms with Crippen LogP contribution in [-0.4, -0.2) is 33.5 Å². The first-order chi connectivity index (χ1) is 16.5. The lowest BCUT2D eigenvalue weighted by atomic mass is 10.2. The van der Waals surface area contributed by atoms with Gasteiger partial charge in [0.25, 0.3) is 0 Å². The summed E-state index contributed by atoms with van der Waals surface area (Å²) in [6, 6.07) is 20.8. The molecule has 9 heteroatoms. The molecule has 1 amide bonds. The number of carbonyl (C=O) groups excluding carboxylic acids is 1. The number of carbonyl (C=O) groups is 1. The highest BCUT2D eigenvalue weighted by atomic mass is 32.2. The Hall–Kier alpha value is -3.85. The first kappa shape index (κ1) is 23.3. The fourth-order valence-electron chi connectivity index (χ4n) is 3.22. The minimum Gasteiger partial charge on any atom is -0.495 e. The van der Waals surface area contributed by atoms with Gasteiger partial charge in [-0.25, -0.2) is 4.39 Å². The normalized spacial score (nSPS) is 10.7. The maximum absolute atomic E-state index is 13.0. The third-order valence-electron chi connectivity index (χ3n) is 4.92. The van der Waals surface area contributed by atoms with Crippen molar-refractivity contribution >= 4 is 17.7 Å². The summed E-state index contributed by atoms with van der Waals surface area (Å²) >= 11 is 1.30. The Morgan fingerprint density at radius 3 is 2.38 bits per heavy atom. The molecule has 34 heavy (non-hydrogen) atoms. The van der Waals surface area contributed by atoms with Crippen LogP contribution in [-0.2, 0) is 11.3 Å². The lowest BCUT2D eigenvalue weighted by Crippen LogP contribution is -2.24. The lowest BCUT2D eigenvalue weighted by Gasteiger charge is -2.12. The topological polar surface area (TPSA) is 78.3 Å². The van der Waals surface area contributed by atoms with Crippen LogP contribution in [0.15, 0.2) is 78.0 Å². The van der Waals surface area contributed by atoms with Gasteiger partial charge in [-0.05, 0) is 61.0 Å². The number of benzene rings is 3. The van der Waals surface area contributed by atoms with Gasteiger partial charge in [0, 0.05) is 6.54 Å². The first-order valence-electron chi connectivity index (χ1n) is 10.5. The number of ether oxygens (including phenoxy) is 2. The zero-order valence-corrected chi connectivity index (χ0v) is 19.5. The number of thioether (sulfide) groups is 1. The summed E-state index contributed by atoms with van der Waals surface area (Å²) in [6.45, 7) is 2.24. The van der Waals surface area contributed by atoms with Crippen LogP contribution in [0.2, 0.25) is 0 Å². The van der Waals surface area contributed by atoms with Crippen molar-refractivity contribution in [1.82, 2.24) is 20.1 Å². The molecule has 0 saturated carbocycles. The fourth-order valence-corrected chi connectivity index (χ4v) is 4.04. The van der Waals surface area contributed by atoms with Crippen LogP contribution in [0, 0.1) is 12.7 Å². The van der Waals surface area contributed by atoms with Gasteiger partial charge in [0.15, 0.2) is 5.16 Å². The summed E-state index contributed by atoms with van der Waals surface area (Å²) in [5.41, 5.74) is 1.75. The number of hydrogen-bond donors (Lipinski definition) is 1. The second-order valence-corrected chi connectivity index (χ2v) is 8.24. The van der Waals surface area contributed by atoms with Crippen LogP contribution in [0.5, 0.6) is 17.2 Å². The second-order valence-electron chi connectivity index (χ2n) is 7.30. The lowest BCUT2D eigenvalue weighted by molar-refractivity contribution is -0.118. The second kappa shape index (κ2) is 10.8. The van der Waals surface area contributed by atoms with Gasteiger partial charge in [-0.2, -0.15) is 0 Å². The van der Waals surface area contributed by atoms with Gasteiger partial charge in [-0.15, -0.1) is 10.2 Å². The van der Waals surface area contributed by atoms with Crippen LogP contribution < -0.4 is 14.8 Å². The third kappa shape index (κ3) is 5.74. The molecule has 0 spiro atoms. The molecule has 0 unspecified atom stereocenters. The van der Waals surface area contributed by atoms with E-state index in [1.54, 1.807) is 31.4 Å². The quantitative estimate of drug-likeness (QED) is 0.344. The molecule has 4 rings (SSSR count). The number of methoxy groups -OCH3 is 1. The third-order valence-corrected chi connectivity index (χ3v) is 5.84. The van der Waals surface area contributed by atoms with Crippen molar-refractivity contribution in [3.05, 3.63) is 90.0 Å². The number of nitrogens with zero attached hydrogens (tertiary/aromatic N) is 3. The van der Waals surface area contributed by atoms with Crippen molar-refractivity contribution in [3.63, 3.8) is 0 Å².